The monoisotopic (exact) mass is 390 g/mol. The van der Waals surface area contributed by atoms with Gasteiger partial charge >= 0.3 is 21.7 Å². The number of hydrogen-bond acceptors (Lipinski definition) is 0. The van der Waals surface area contributed by atoms with E-state index in [9.17, 15) is 0 Å². The Morgan fingerprint density at radius 2 is 1.18 bits per heavy atom. The van der Waals surface area contributed by atoms with Gasteiger partial charge in [0.05, 0.1) is 0 Å². The molecule has 0 spiro atoms. The van der Waals surface area contributed by atoms with Crippen LogP contribution in [-0.4, -0.2) is 6.69 Å². The van der Waals surface area contributed by atoms with E-state index < -0.39 is 6.69 Å². The Bertz CT molecular complexity index is 406. The minimum Gasteiger partial charge on any atom is -0.270 e. The molecule has 0 aliphatic heterocycles. The Morgan fingerprint density at radius 1 is 0.864 bits per heavy atom. The van der Waals surface area contributed by atoms with Crippen LogP contribution in [0.2, 0.25) is 12.1 Å². The summed E-state index contributed by atoms with van der Waals surface area (Å²) in [6.45, 7) is 10.8. The van der Waals surface area contributed by atoms with Crippen molar-refractivity contribution in [1.82, 2.24) is 0 Å². The summed E-state index contributed by atoms with van der Waals surface area (Å²) in [6.07, 6.45) is 12.8. The summed E-state index contributed by atoms with van der Waals surface area (Å²) in [5, 5.41) is 0. The molecule has 0 N–H and O–H groups in total. The van der Waals surface area contributed by atoms with Crippen molar-refractivity contribution in [3.8, 4) is 0 Å². The quantitative estimate of drug-likeness (QED) is 0.267. The Hall–Kier alpha value is 0.471. The second-order valence-corrected chi connectivity index (χ2v) is 13.7. The zero-order valence-electron chi connectivity index (χ0n) is 14.7. The summed E-state index contributed by atoms with van der Waals surface area (Å²) in [4.78, 5) is 0. The molecule has 22 heavy (non-hydrogen) atoms. The van der Waals surface area contributed by atoms with Crippen molar-refractivity contribution >= 4 is 28.9 Å². The van der Waals surface area contributed by atoms with Crippen molar-refractivity contribution in [1.29, 1.82) is 0 Å². The third kappa shape index (κ3) is 13.0. The second kappa shape index (κ2) is 12.8. The summed E-state index contributed by atoms with van der Waals surface area (Å²) >= 11 is 11.6. The van der Waals surface area contributed by atoms with Gasteiger partial charge in [-0.05, 0) is 12.1 Å². The van der Waals surface area contributed by atoms with Gasteiger partial charge in [0.15, 0.2) is 0 Å². The molecule has 0 heterocycles. The summed E-state index contributed by atoms with van der Waals surface area (Å²) in [5.41, 5.74) is 5.44. The van der Waals surface area contributed by atoms with Crippen LogP contribution in [0.1, 0.15) is 54.4 Å². The first-order valence-electron chi connectivity index (χ1n) is 7.57. The standard InChI is InChI=1S/2C7H9.C4H10Cl2Si.Ti/c2*1-6-3-4-7(2)5-6;1-3-7(5,6)4-2;/h2*5H,3H2,1-2H3;3-4H2,1-2H3;/q2*-1;;+2. The zero-order chi connectivity index (χ0) is 16.5. The van der Waals surface area contributed by atoms with E-state index in [1.807, 2.05) is 13.8 Å². The van der Waals surface area contributed by atoms with Crippen molar-refractivity contribution in [2.24, 2.45) is 0 Å². The van der Waals surface area contributed by atoms with Gasteiger partial charge in [-0.3, -0.25) is 12.2 Å². The molecule has 0 radical (unpaired) electrons. The molecule has 0 saturated carbocycles. The molecule has 0 aromatic heterocycles. The van der Waals surface area contributed by atoms with Crippen molar-refractivity contribution in [3.05, 3.63) is 46.6 Å². The first-order chi connectivity index (χ1) is 9.70. The van der Waals surface area contributed by atoms with Crippen LogP contribution in [0.4, 0.5) is 0 Å². The number of allylic oxidation sites excluding steroid dienone is 8. The fourth-order valence-corrected chi connectivity index (χ4v) is 2.25. The van der Waals surface area contributed by atoms with Crippen LogP contribution in [0.25, 0.3) is 0 Å². The van der Waals surface area contributed by atoms with E-state index in [-0.39, 0.29) is 21.7 Å². The zero-order valence-corrected chi connectivity index (χ0v) is 18.8. The minimum atomic E-state index is -1.71. The third-order valence-corrected chi connectivity index (χ3v) is 8.53. The minimum absolute atomic E-state index is 0. The average Bonchev–Trinajstić information content (AvgIpc) is 2.99. The molecule has 0 amide bonds. The Kier molecular flexibility index (Phi) is 14.4. The molecule has 2 aliphatic carbocycles. The molecule has 0 saturated heterocycles. The van der Waals surface area contributed by atoms with Gasteiger partial charge in [0.1, 0.15) is 0 Å². The maximum Gasteiger partial charge on any atom is 2.00 e. The van der Waals surface area contributed by atoms with Gasteiger partial charge in [0, 0.05) is 0 Å². The number of rotatable bonds is 2. The molecular formula is C18H28Cl2SiTi. The van der Waals surface area contributed by atoms with Crippen LogP contribution in [0, 0.1) is 12.2 Å². The smallest absolute Gasteiger partial charge is 0.270 e. The molecule has 2 aliphatic rings. The largest absolute Gasteiger partial charge is 2.00 e. The van der Waals surface area contributed by atoms with Crippen molar-refractivity contribution in [2.75, 3.05) is 0 Å². The van der Waals surface area contributed by atoms with Crippen LogP contribution in [0.15, 0.2) is 34.4 Å². The van der Waals surface area contributed by atoms with E-state index in [1.54, 1.807) is 0 Å². The van der Waals surface area contributed by atoms with Crippen molar-refractivity contribution in [2.45, 2.75) is 66.5 Å². The van der Waals surface area contributed by atoms with Gasteiger partial charge < -0.3 is 0 Å². The first kappa shape index (κ1) is 24.7. The van der Waals surface area contributed by atoms with Crippen LogP contribution in [0.3, 0.4) is 0 Å². The molecule has 4 heteroatoms. The molecule has 2 rings (SSSR count). The normalized spacial score (nSPS) is 16.0. The van der Waals surface area contributed by atoms with E-state index in [0.29, 0.717) is 0 Å². The molecule has 0 fully saturated rings. The maximum absolute atomic E-state index is 5.81. The van der Waals surface area contributed by atoms with E-state index in [2.05, 4.69) is 52.0 Å². The molecular weight excluding hydrogens is 363 g/mol. The molecule has 0 atom stereocenters. The van der Waals surface area contributed by atoms with Gasteiger partial charge in [-0.25, -0.2) is 23.3 Å². The van der Waals surface area contributed by atoms with E-state index in [4.69, 9.17) is 22.2 Å². The van der Waals surface area contributed by atoms with Crippen molar-refractivity contribution in [3.63, 3.8) is 0 Å². The first-order valence-corrected chi connectivity index (χ1v) is 12.0. The Balaban J connectivity index is 0. The SMILES string of the molecule is CC1=[C-]CC(C)=C1.CC1=[C-]CC(C)=C1.CC[Si](Cl)(Cl)CC.[Ti+2]. The predicted octanol–water partition coefficient (Wildman–Crippen LogP) is 7.12. The molecule has 0 unspecified atom stereocenters. The summed E-state index contributed by atoms with van der Waals surface area (Å²) < 4.78 is 0. The number of hydrogen-bond donors (Lipinski definition) is 0. The van der Waals surface area contributed by atoms with E-state index >= 15 is 0 Å². The second-order valence-electron chi connectivity index (χ2n) is 5.62. The topological polar surface area (TPSA) is 0 Å². The predicted molar refractivity (Wildman–Crippen MR) is 100 cm³/mol. The Morgan fingerprint density at radius 3 is 1.23 bits per heavy atom. The Labute approximate surface area is 163 Å². The molecule has 122 valence electrons. The van der Waals surface area contributed by atoms with Crippen LogP contribution in [0.5, 0.6) is 0 Å². The maximum atomic E-state index is 5.81. The van der Waals surface area contributed by atoms with E-state index in [0.717, 1.165) is 24.9 Å². The van der Waals surface area contributed by atoms with Crippen LogP contribution in [-0.2, 0) is 21.7 Å². The molecule has 0 aromatic rings. The average molecular weight is 391 g/mol. The summed E-state index contributed by atoms with van der Waals surface area (Å²) in [5.74, 6) is 0. The van der Waals surface area contributed by atoms with Gasteiger partial charge in [-0.2, -0.15) is 11.1 Å². The fourth-order valence-electron chi connectivity index (χ4n) is 1.75. The number of halogens is 2. The van der Waals surface area contributed by atoms with Crippen LogP contribution >= 0.6 is 22.2 Å². The summed E-state index contributed by atoms with van der Waals surface area (Å²) in [6, 6.07) is 1.93. The van der Waals surface area contributed by atoms with Gasteiger partial charge in [-0.1, -0.05) is 41.5 Å². The van der Waals surface area contributed by atoms with Crippen molar-refractivity contribution < 1.29 is 21.7 Å². The fraction of sp³-hybridized carbons (Fsp3) is 0.556. The summed E-state index contributed by atoms with van der Waals surface area (Å²) in [7, 11) is 0. The molecule has 0 bridgehead atoms. The third-order valence-electron chi connectivity index (χ3n) is 3.25. The van der Waals surface area contributed by atoms with Gasteiger partial charge in [0.25, 0.3) is 6.69 Å². The van der Waals surface area contributed by atoms with Gasteiger partial charge in [0.2, 0.25) is 0 Å². The molecule has 0 aromatic carbocycles. The van der Waals surface area contributed by atoms with Crippen LogP contribution < -0.4 is 0 Å². The van der Waals surface area contributed by atoms with Gasteiger partial charge in [-0.15, -0.1) is 35.0 Å². The van der Waals surface area contributed by atoms with E-state index in [1.165, 1.54) is 22.3 Å². The molecule has 0 nitrogen and oxygen atoms in total.